The molecule has 1 aliphatic rings. The number of aryl methyl sites for hydroxylation is 1. The van der Waals surface area contributed by atoms with E-state index in [1.165, 1.54) is 0 Å². The van der Waals surface area contributed by atoms with Gasteiger partial charge in [0.25, 0.3) is 0 Å². The Balaban J connectivity index is 1.29. The fourth-order valence-corrected chi connectivity index (χ4v) is 2.66. The molecule has 1 saturated heterocycles. The van der Waals surface area contributed by atoms with Gasteiger partial charge in [-0.25, -0.2) is 0 Å². The first-order valence-electron chi connectivity index (χ1n) is 7.88. The van der Waals surface area contributed by atoms with E-state index in [0.29, 0.717) is 25.7 Å². The highest BCUT2D eigenvalue weighted by Crippen LogP contribution is 2.19. The van der Waals surface area contributed by atoms with Crippen molar-refractivity contribution in [1.29, 1.82) is 0 Å². The minimum Gasteiger partial charge on any atom is -0.492 e. The number of likely N-dealkylation sites (tertiary alicyclic amines) is 1. The van der Waals surface area contributed by atoms with Gasteiger partial charge in [0.15, 0.2) is 0 Å². The molecule has 1 aliphatic heterocycles. The largest absolute Gasteiger partial charge is 0.492 e. The van der Waals surface area contributed by atoms with Crippen LogP contribution >= 0.6 is 0 Å². The summed E-state index contributed by atoms with van der Waals surface area (Å²) in [5, 5.41) is 7.11. The lowest BCUT2D eigenvalue weighted by Gasteiger charge is -2.38. The summed E-state index contributed by atoms with van der Waals surface area (Å²) in [5.74, 6) is 0.876. The second kappa shape index (κ2) is 7.28. The molecule has 0 saturated carbocycles. The van der Waals surface area contributed by atoms with Crippen LogP contribution < -0.4 is 10.1 Å². The molecule has 0 aliphatic carbocycles. The number of hydrogen-bond donors (Lipinski definition) is 1. The SMILES string of the molecule is Cc1cccc(OCCNC(=O)CN2CC(n3cccn3)C2)c1. The van der Waals surface area contributed by atoms with Gasteiger partial charge in [-0.3, -0.25) is 14.4 Å². The maximum Gasteiger partial charge on any atom is 0.234 e. The van der Waals surface area contributed by atoms with E-state index in [9.17, 15) is 4.79 Å². The Hall–Kier alpha value is -2.34. The molecule has 0 atom stereocenters. The van der Waals surface area contributed by atoms with Crippen molar-refractivity contribution in [3.8, 4) is 5.75 Å². The van der Waals surface area contributed by atoms with Gasteiger partial charge in [-0.1, -0.05) is 12.1 Å². The van der Waals surface area contributed by atoms with Gasteiger partial charge >= 0.3 is 0 Å². The van der Waals surface area contributed by atoms with Crippen LogP contribution in [0.1, 0.15) is 11.6 Å². The van der Waals surface area contributed by atoms with Gasteiger partial charge in [-0.2, -0.15) is 5.10 Å². The third-order valence-electron chi connectivity index (χ3n) is 3.89. The Morgan fingerprint density at radius 1 is 1.39 bits per heavy atom. The normalized spacial score (nSPS) is 15.2. The van der Waals surface area contributed by atoms with Gasteiger partial charge in [0.2, 0.25) is 5.91 Å². The highest BCUT2D eigenvalue weighted by Gasteiger charge is 2.29. The zero-order valence-corrected chi connectivity index (χ0v) is 13.3. The van der Waals surface area contributed by atoms with Crippen molar-refractivity contribution in [2.24, 2.45) is 0 Å². The van der Waals surface area contributed by atoms with Crippen LogP contribution in [0.5, 0.6) is 5.75 Å². The number of carbonyl (C=O) groups is 1. The maximum absolute atomic E-state index is 11.9. The summed E-state index contributed by atoms with van der Waals surface area (Å²) in [6, 6.07) is 10.2. The molecule has 0 spiro atoms. The molecule has 0 bridgehead atoms. The van der Waals surface area contributed by atoms with Crippen molar-refractivity contribution in [2.75, 3.05) is 32.8 Å². The predicted octanol–water partition coefficient (Wildman–Crippen LogP) is 1.24. The second-order valence-corrected chi connectivity index (χ2v) is 5.85. The number of benzene rings is 1. The Bertz CT molecular complexity index is 636. The van der Waals surface area contributed by atoms with E-state index >= 15 is 0 Å². The van der Waals surface area contributed by atoms with E-state index in [-0.39, 0.29) is 5.91 Å². The monoisotopic (exact) mass is 314 g/mol. The third kappa shape index (κ3) is 4.32. The van der Waals surface area contributed by atoms with Crippen LogP contribution in [0.25, 0.3) is 0 Å². The number of ether oxygens (including phenoxy) is 1. The molecule has 23 heavy (non-hydrogen) atoms. The minimum absolute atomic E-state index is 0.0387. The smallest absolute Gasteiger partial charge is 0.234 e. The fraction of sp³-hybridized carbons (Fsp3) is 0.412. The summed E-state index contributed by atoms with van der Waals surface area (Å²) in [5.41, 5.74) is 1.16. The second-order valence-electron chi connectivity index (χ2n) is 5.85. The number of nitrogens with zero attached hydrogens (tertiary/aromatic N) is 3. The van der Waals surface area contributed by atoms with Crippen LogP contribution in [0.15, 0.2) is 42.7 Å². The number of amides is 1. The summed E-state index contributed by atoms with van der Waals surface area (Å²) in [7, 11) is 0. The molecule has 3 rings (SSSR count). The van der Waals surface area contributed by atoms with Crippen molar-refractivity contribution >= 4 is 5.91 Å². The van der Waals surface area contributed by atoms with Gasteiger partial charge in [0.1, 0.15) is 12.4 Å². The third-order valence-corrected chi connectivity index (χ3v) is 3.89. The summed E-state index contributed by atoms with van der Waals surface area (Å²) < 4.78 is 7.56. The minimum atomic E-state index is 0.0387. The maximum atomic E-state index is 11.9. The molecule has 1 fully saturated rings. The molecule has 1 aromatic carbocycles. The van der Waals surface area contributed by atoms with Crippen LogP contribution in [0, 0.1) is 6.92 Å². The summed E-state index contributed by atoms with van der Waals surface area (Å²) >= 11 is 0. The van der Waals surface area contributed by atoms with Crippen molar-refractivity contribution in [3.63, 3.8) is 0 Å². The Morgan fingerprint density at radius 3 is 3.00 bits per heavy atom. The van der Waals surface area contributed by atoms with Crippen molar-refractivity contribution in [2.45, 2.75) is 13.0 Å². The van der Waals surface area contributed by atoms with Crippen molar-refractivity contribution in [3.05, 3.63) is 48.3 Å². The van der Waals surface area contributed by atoms with Crippen LogP contribution in [0.4, 0.5) is 0 Å². The first kappa shape index (κ1) is 15.6. The molecule has 1 amide bonds. The number of nitrogens with one attached hydrogen (secondary N) is 1. The highest BCUT2D eigenvalue weighted by molar-refractivity contribution is 5.78. The molecule has 1 N–H and O–H groups in total. The molecule has 122 valence electrons. The lowest BCUT2D eigenvalue weighted by Crippen LogP contribution is -2.51. The van der Waals surface area contributed by atoms with Crippen molar-refractivity contribution in [1.82, 2.24) is 20.0 Å². The lowest BCUT2D eigenvalue weighted by atomic mass is 10.1. The van der Waals surface area contributed by atoms with E-state index in [1.807, 2.05) is 48.1 Å². The molecule has 6 heteroatoms. The average molecular weight is 314 g/mol. The quantitative estimate of drug-likeness (QED) is 0.781. The van der Waals surface area contributed by atoms with Crippen LogP contribution in [-0.2, 0) is 4.79 Å². The van der Waals surface area contributed by atoms with Crippen LogP contribution in [-0.4, -0.2) is 53.4 Å². The van der Waals surface area contributed by atoms with Gasteiger partial charge in [-0.05, 0) is 30.7 Å². The first-order chi connectivity index (χ1) is 11.2. The summed E-state index contributed by atoms with van der Waals surface area (Å²) in [6.07, 6.45) is 3.74. The molecule has 0 radical (unpaired) electrons. The van der Waals surface area contributed by atoms with Gasteiger partial charge in [-0.15, -0.1) is 0 Å². The van der Waals surface area contributed by atoms with Crippen LogP contribution in [0.3, 0.4) is 0 Å². The van der Waals surface area contributed by atoms with Crippen LogP contribution in [0.2, 0.25) is 0 Å². The average Bonchev–Trinajstić information content (AvgIpc) is 3.01. The number of rotatable bonds is 7. The van der Waals surface area contributed by atoms with Crippen molar-refractivity contribution < 1.29 is 9.53 Å². The molecule has 2 aromatic rings. The van der Waals surface area contributed by atoms with E-state index in [2.05, 4.69) is 15.3 Å². The van der Waals surface area contributed by atoms with Gasteiger partial charge in [0, 0.05) is 25.5 Å². The standard InChI is InChI=1S/C17H22N4O2/c1-14-4-2-5-16(10-14)23-9-7-18-17(22)13-20-11-15(12-20)21-8-3-6-19-21/h2-6,8,10,15H,7,9,11-13H2,1H3,(H,18,22). The lowest BCUT2D eigenvalue weighted by molar-refractivity contribution is -0.123. The number of hydrogen-bond acceptors (Lipinski definition) is 4. The van der Waals surface area contributed by atoms with Gasteiger partial charge in [0.05, 0.1) is 19.1 Å². The Morgan fingerprint density at radius 2 is 2.26 bits per heavy atom. The Labute approximate surface area is 136 Å². The molecular formula is C17H22N4O2. The molecule has 2 heterocycles. The van der Waals surface area contributed by atoms with E-state index < -0.39 is 0 Å². The zero-order chi connectivity index (χ0) is 16.1. The topological polar surface area (TPSA) is 59.4 Å². The molecule has 0 unspecified atom stereocenters. The molecule has 6 nitrogen and oxygen atoms in total. The van der Waals surface area contributed by atoms with E-state index in [4.69, 9.17) is 4.74 Å². The molecular weight excluding hydrogens is 292 g/mol. The first-order valence-corrected chi connectivity index (χ1v) is 7.88. The summed E-state index contributed by atoms with van der Waals surface area (Å²) in [4.78, 5) is 14.0. The predicted molar refractivity (Wildman–Crippen MR) is 87.4 cm³/mol. The highest BCUT2D eigenvalue weighted by atomic mass is 16.5. The zero-order valence-electron chi connectivity index (χ0n) is 13.3. The van der Waals surface area contributed by atoms with Gasteiger partial charge < -0.3 is 10.1 Å². The molecule has 1 aromatic heterocycles. The van der Waals surface area contributed by atoms with E-state index in [0.717, 1.165) is 24.4 Å². The Kier molecular flexibility index (Phi) is 4.92. The number of aromatic nitrogens is 2. The fourth-order valence-electron chi connectivity index (χ4n) is 2.66. The number of carbonyl (C=O) groups excluding carboxylic acids is 1. The van der Waals surface area contributed by atoms with E-state index in [1.54, 1.807) is 6.20 Å². The summed E-state index contributed by atoms with van der Waals surface area (Å²) in [6.45, 7) is 5.19.